The molecule has 2 fully saturated rings. The average Bonchev–Trinajstić information content (AvgIpc) is 4.24. The van der Waals surface area contributed by atoms with Gasteiger partial charge in [-0.25, -0.2) is 54.3 Å². The maximum Gasteiger partial charge on any atom is 0.332 e. The number of anilines is 4. The van der Waals surface area contributed by atoms with Gasteiger partial charge in [0.05, 0.1) is 48.8 Å². The van der Waals surface area contributed by atoms with E-state index in [0.717, 1.165) is 46.6 Å². The number of hydrogen-bond donors (Lipinski definition) is 3. The molecule has 0 bridgehead atoms. The smallest absolute Gasteiger partial charge is 0.332 e. The van der Waals surface area contributed by atoms with E-state index in [9.17, 15) is 28.8 Å². The summed E-state index contributed by atoms with van der Waals surface area (Å²) in [5.41, 5.74) is 6.90. The zero-order valence-electron chi connectivity index (χ0n) is 41.3. The molecule has 2 saturated heterocycles. The van der Waals surface area contributed by atoms with Crippen LogP contribution in [0.5, 0.6) is 0 Å². The summed E-state index contributed by atoms with van der Waals surface area (Å²) in [5.74, 6) is 0.606. The van der Waals surface area contributed by atoms with E-state index in [0.29, 0.717) is 40.8 Å². The molecule has 27 heteroatoms. The zero-order valence-corrected chi connectivity index (χ0v) is 41.3. The second-order valence-corrected chi connectivity index (χ2v) is 17.8. The molecule has 0 spiro atoms. The van der Waals surface area contributed by atoms with Gasteiger partial charge in [-0.15, -0.1) is 0 Å². The van der Waals surface area contributed by atoms with Gasteiger partial charge in [-0.05, 0) is 53.4 Å². The van der Waals surface area contributed by atoms with E-state index in [1.54, 1.807) is 44.1 Å². The first kappa shape index (κ1) is 50.4. The molecule has 4 N–H and O–H groups in total. The molecule has 0 aromatic carbocycles. The maximum absolute atomic E-state index is 13.0. The molecule has 0 aliphatic carbocycles. The van der Waals surface area contributed by atoms with Crippen molar-refractivity contribution in [3.63, 3.8) is 0 Å². The number of fused-ring (bicyclic) bond motifs is 2. The third-order valence-electron chi connectivity index (χ3n) is 12.9. The van der Waals surface area contributed by atoms with Crippen molar-refractivity contribution in [1.82, 2.24) is 77.2 Å². The molecule has 10 rings (SSSR count). The number of aryl methyl sites for hydroxylation is 2. The first-order valence-electron chi connectivity index (χ1n) is 23.2. The highest BCUT2D eigenvalue weighted by Crippen LogP contribution is 2.25. The van der Waals surface area contributed by atoms with Crippen LogP contribution in [-0.4, -0.2) is 119 Å². The Hall–Kier alpha value is -9.04. The third-order valence-corrected chi connectivity index (χ3v) is 12.9. The van der Waals surface area contributed by atoms with E-state index in [1.807, 2.05) is 0 Å². The van der Waals surface area contributed by atoms with Crippen LogP contribution in [0, 0.1) is 0 Å². The molecule has 10 heterocycles. The first-order chi connectivity index (χ1) is 34.9. The van der Waals surface area contributed by atoms with Crippen LogP contribution in [0.3, 0.4) is 0 Å². The van der Waals surface area contributed by atoms with Gasteiger partial charge in [0.15, 0.2) is 28.1 Å². The van der Waals surface area contributed by atoms with Crippen LogP contribution in [0.15, 0.2) is 81.4 Å². The lowest BCUT2D eigenvalue weighted by Crippen LogP contribution is -2.38. The van der Waals surface area contributed by atoms with Crippen molar-refractivity contribution in [3.05, 3.63) is 104 Å². The topological polar surface area (TPSA) is 326 Å². The van der Waals surface area contributed by atoms with Gasteiger partial charge in [0, 0.05) is 89.3 Å². The van der Waals surface area contributed by atoms with Crippen LogP contribution in [-0.2, 0) is 37.8 Å². The Morgan fingerprint density at radius 3 is 1.48 bits per heavy atom. The van der Waals surface area contributed by atoms with Crippen LogP contribution in [0.2, 0.25) is 0 Å². The molecule has 4 atom stereocenters. The summed E-state index contributed by atoms with van der Waals surface area (Å²) in [6.45, 7) is 9.40. The van der Waals surface area contributed by atoms with Gasteiger partial charge in [-0.1, -0.05) is 0 Å². The lowest BCUT2D eigenvalue weighted by Gasteiger charge is -2.20. The minimum atomic E-state index is -1.08. The summed E-state index contributed by atoms with van der Waals surface area (Å²) in [7, 11) is 5.73. The van der Waals surface area contributed by atoms with Gasteiger partial charge in [-0.2, -0.15) is 0 Å². The van der Waals surface area contributed by atoms with Crippen molar-refractivity contribution in [3.8, 4) is 22.5 Å². The number of carbonyl (C=O) groups is 2. The Kier molecular flexibility index (Phi) is 14.3. The van der Waals surface area contributed by atoms with Crippen molar-refractivity contribution in [2.24, 2.45) is 28.2 Å². The van der Waals surface area contributed by atoms with Crippen LogP contribution in [0.1, 0.15) is 65.5 Å². The number of imidazole rings is 2. The molecule has 1 amide bonds. The molecule has 2 aliphatic heterocycles. The Bertz CT molecular complexity index is 3600. The number of hydrogen-bond acceptors (Lipinski definition) is 19. The molecule has 2 aliphatic rings. The molecule has 380 valence electrons. The quantitative estimate of drug-likeness (QED) is 0.184. The fourth-order valence-electron chi connectivity index (χ4n) is 8.54. The number of nitrogens with zero attached hydrogens (tertiary/aromatic N) is 18. The number of nitrogen functional groups attached to an aromatic ring is 1. The van der Waals surface area contributed by atoms with E-state index in [2.05, 4.69) is 78.8 Å². The Labute approximate surface area is 414 Å². The summed E-state index contributed by atoms with van der Waals surface area (Å²) in [6, 6.07) is -0.817. The average molecular weight is 999 g/mol. The number of nitrogens with one attached hydrogen (secondary N) is 1. The normalized spacial score (nSPS) is 16.2. The SMILES string of the molecule is C[C@@H](C(=O)O)n1cnc2c1c(=O)n(C)c(=O)n2C.C[C@@H]1CCCN1c1ncc(-c2cncc(N)n2)cn1.C[C@@H]1CCCN1c1ncc(-c2cncc(NC(=O)[C@H](C)n3cnc4c3c(=O)n(C)c(=O)n4C)n2)cn1. The maximum atomic E-state index is 13.0. The standard InChI is InChI=1S/C23H26N10O3.C13H16N6.C10H12N4O4/c1-13-6-5-7-32(13)22-25-8-15(9-26-22)16-10-24-11-17(28-16)29-20(34)14(2)33-12-27-19-18(33)21(35)31(4)23(36)30(19)3;1-9-3-2-4-19(9)13-16-5-10(6-17-13)11-7-15-8-12(14)18-11;1-5(9(16)17)14-4-11-7-6(14)8(15)13(3)10(18)12(7)2/h8-14H,5-7H2,1-4H3,(H,28,29,34);5-9H,2-4H2,1H3,(H2,14,18);4-5H,1-3H3,(H,16,17)/t13-,14+;9-;5-/m110/s1. The van der Waals surface area contributed by atoms with Crippen LogP contribution in [0.4, 0.5) is 23.5 Å². The molecule has 73 heavy (non-hydrogen) atoms. The number of carboxylic acid groups (broad SMARTS) is 1. The largest absolute Gasteiger partial charge is 0.480 e. The second kappa shape index (κ2) is 20.7. The number of rotatable bonds is 9. The molecular formula is C46H54N20O7. The van der Waals surface area contributed by atoms with Crippen LogP contribution >= 0.6 is 0 Å². The summed E-state index contributed by atoms with van der Waals surface area (Å²) in [6.07, 6.45) is 20.4. The van der Waals surface area contributed by atoms with Crippen LogP contribution < -0.4 is 43.3 Å². The van der Waals surface area contributed by atoms with Crippen molar-refractivity contribution in [2.75, 3.05) is 33.9 Å². The van der Waals surface area contributed by atoms with Gasteiger partial charge < -0.3 is 35.1 Å². The van der Waals surface area contributed by atoms with E-state index in [1.165, 1.54) is 91.3 Å². The van der Waals surface area contributed by atoms with Crippen molar-refractivity contribution < 1.29 is 14.7 Å². The van der Waals surface area contributed by atoms with Crippen LogP contribution in [0.25, 0.3) is 44.8 Å². The Morgan fingerprint density at radius 1 is 0.616 bits per heavy atom. The monoisotopic (exact) mass is 998 g/mol. The Morgan fingerprint density at radius 2 is 1.05 bits per heavy atom. The van der Waals surface area contributed by atoms with Gasteiger partial charge in [-0.3, -0.25) is 42.6 Å². The molecule has 8 aromatic rings. The fraction of sp³-hybridized carbons (Fsp3) is 0.391. The first-order valence-corrected chi connectivity index (χ1v) is 23.2. The number of nitrogens with two attached hydrogens (primary N) is 1. The highest BCUT2D eigenvalue weighted by Gasteiger charge is 2.26. The van der Waals surface area contributed by atoms with Crippen molar-refractivity contribution in [2.45, 2.75) is 77.5 Å². The molecule has 0 unspecified atom stereocenters. The van der Waals surface area contributed by atoms with E-state index in [-0.39, 0.29) is 28.1 Å². The second-order valence-electron chi connectivity index (χ2n) is 17.8. The van der Waals surface area contributed by atoms with Crippen molar-refractivity contribution in [1.29, 1.82) is 0 Å². The van der Waals surface area contributed by atoms with Gasteiger partial charge in [0.25, 0.3) is 11.1 Å². The van der Waals surface area contributed by atoms with Gasteiger partial charge in [0.2, 0.25) is 17.8 Å². The predicted octanol–water partition coefficient (Wildman–Crippen LogP) is 1.45. The number of aromatic nitrogens is 16. The van der Waals surface area contributed by atoms with E-state index in [4.69, 9.17) is 10.8 Å². The summed E-state index contributed by atoms with van der Waals surface area (Å²) in [4.78, 5) is 120. The van der Waals surface area contributed by atoms with Gasteiger partial charge in [0.1, 0.15) is 17.9 Å². The lowest BCUT2D eigenvalue weighted by atomic mass is 10.2. The molecule has 27 nitrogen and oxygen atoms in total. The molecule has 8 aromatic heterocycles. The van der Waals surface area contributed by atoms with Crippen molar-refractivity contribution >= 4 is 57.7 Å². The van der Waals surface area contributed by atoms with E-state index >= 15 is 0 Å². The summed E-state index contributed by atoms with van der Waals surface area (Å²) < 4.78 is 7.08. The summed E-state index contributed by atoms with van der Waals surface area (Å²) in [5, 5.41) is 11.7. The minimum Gasteiger partial charge on any atom is -0.480 e. The minimum absolute atomic E-state index is 0.106. The number of carboxylic acids is 1. The number of carbonyl (C=O) groups excluding carboxylic acids is 1. The molecular weight excluding hydrogens is 945 g/mol. The zero-order chi connectivity index (χ0) is 52.4. The summed E-state index contributed by atoms with van der Waals surface area (Å²) >= 11 is 0. The predicted molar refractivity (Wildman–Crippen MR) is 269 cm³/mol. The third kappa shape index (κ3) is 10.00. The number of aliphatic carboxylic acids is 1. The molecule has 0 saturated carbocycles. The van der Waals surface area contributed by atoms with E-state index < -0.39 is 46.5 Å². The highest BCUT2D eigenvalue weighted by atomic mass is 16.4. The highest BCUT2D eigenvalue weighted by molar-refractivity contribution is 5.93. The fourth-order valence-corrected chi connectivity index (χ4v) is 8.54. The van der Waals surface area contributed by atoms with Gasteiger partial charge >= 0.3 is 17.3 Å². The lowest BCUT2D eigenvalue weighted by molar-refractivity contribution is -0.140. The number of amides is 1. The Balaban J connectivity index is 0.000000161. The molecule has 0 radical (unpaired) electrons.